The molecule has 1 saturated heterocycles. The summed E-state index contributed by atoms with van der Waals surface area (Å²) in [6.45, 7) is 3.19. The molecule has 2 amide bonds. The van der Waals surface area contributed by atoms with Crippen molar-refractivity contribution in [2.75, 3.05) is 30.4 Å². The molecule has 2 aromatic rings. The molecule has 0 unspecified atom stereocenters. The van der Waals surface area contributed by atoms with Gasteiger partial charge in [0.15, 0.2) is 0 Å². The van der Waals surface area contributed by atoms with E-state index in [0.29, 0.717) is 13.0 Å². The summed E-state index contributed by atoms with van der Waals surface area (Å²) in [6, 6.07) is 15.1. The van der Waals surface area contributed by atoms with Crippen LogP contribution in [0.2, 0.25) is 0 Å². The second kappa shape index (κ2) is 9.26. The van der Waals surface area contributed by atoms with Crippen LogP contribution in [-0.4, -0.2) is 38.1 Å². The Morgan fingerprint density at radius 3 is 2.46 bits per heavy atom. The number of carbonyl (C=O) groups is 2. The summed E-state index contributed by atoms with van der Waals surface area (Å²) in [5.74, 6) is 0.948. The summed E-state index contributed by atoms with van der Waals surface area (Å²) >= 11 is 0. The lowest BCUT2D eigenvalue weighted by molar-refractivity contribution is -0.121. The summed E-state index contributed by atoms with van der Waals surface area (Å²) < 4.78 is 5.14. The molecule has 6 heteroatoms. The van der Waals surface area contributed by atoms with Gasteiger partial charge in [0, 0.05) is 30.9 Å². The van der Waals surface area contributed by atoms with Crippen LogP contribution < -0.4 is 20.3 Å². The van der Waals surface area contributed by atoms with Crippen LogP contribution in [0.1, 0.15) is 25.3 Å². The normalized spacial score (nSPS) is 14.6. The minimum absolute atomic E-state index is 0.0488. The number of anilines is 2. The standard InChI is InChI=1S/C22H27N3O3/c1-16(22(27)23-14-13-17-5-11-20(28-2)12-6-17)24-18-7-9-19(10-8-18)25-15-3-4-21(25)26/h5-12,16,24H,3-4,13-15H2,1-2H3,(H,23,27)/t16-/m1/s1. The molecule has 6 nitrogen and oxygen atoms in total. The fourth-order valence-corrected chi connectivity index (χ4v) is 3.25. The van der Waals surface area contributed by atoms with Crippen molar-refractivity contribution in [2.24, 2.45) is 0 Å². The number of ether oxygens (including phenoxy) is 1. The molecule has 0 saturated carbocycles. The molecule has 1 heterocycles. The van der Waals surface area contributed by atoms with E-state index in [-0.39, 0.29) is 17.9 Å². The predicted octanol–water partition coefficient (Wildman–Crippen LogP) is 2.98. The van der Waals surface area contributed by atoms with Gasteiger partial charge in [-0.3, -0.25) is 9.59 Å². The van der Waals surface area contributed by atoms with Gasteiger partial charge in [-0.15, -0.1) is 0 Å². The van der Waals surface area contributed by atoms with Crippen molar-refractivity contribution < 1.29 is 14.3 Å². The maximum Gasteiger partial charge on any atom is 0.242 e. The average molecular weight is 381 g/mol. The summed E-state index contributed by atoms with van der Waals surface area (Å²) in [7, 11) is 1.64. The minimum atomic E-state index is -0.352. The Kier molecular flexibility index (Phi) is 6.53. The molecule has 3 rings (SSSR count). The number of carbonyl (C=O) groups excluding carboxylic acids is 2. The molecule has 0 bridgehead atoms. The predicted molar refractivity (Wildman–Crippen MR) is 111 cm³/mol. The quantitative estimate of drug-likeness (QED) is 0.738. The van der Waals surface area contributed by atoms with Crippen molar-refractivity contribution in [1.82, 2.24) is 5.32 Å². The number of nitrogens with zero attached hydrogens (tertiary/aromatic N) is 1. The number of methoxy groups -OCH3 is 1. The fraction of sp³-hybridized carbons (Fsp3) is 0.364. The van der Waals surface area contributed by atoms with E-state index < -0.39 is 0 Å². The number of nitrogens with one attached hydrogen (secondary N) is 2. The molecular weight excluding hydrogens is 354 g/mol. The zero-order valence-electron chi connectivity index (χ0n) is 16.4. The maximum atomic E-state index is 12.3. The van der Waals surface area contributed by atoms with Crippen molar-refractivity contribution in [2.45, 2.75) is 32.2 Å². The monoisotopic (exact) mass is 381 g/mol. The van der Waals surface area contributed by atoms with Gasteiger partial charge in [-0.2, -0.15) is 0 Å². The third kappa shape index (κ3) is 5.03. The van der Waals surface area contributed by atoms with Crippen LogP contribution in [0.3, 0.4) is 0 Å². The molecule has 0 spiro atoms. The maximum absolute atomic E-state index is 12.3. The average Bonchev–Trinajstić information content (AvgIpc) is 3.15. The van der Waals surface area contributed by atoms with E-state index in [2.05, 4.69) is 10.6 Å². The zero-order chi connectivity index (χ0) is 19.9. The highest BCUT2D eigenvalue weighted by Gasteiger charge is 2.21. The molecule has 0 aromatic heterocycles. The first kappa shape index (κ1) is 19.7. The van der Waals surface area contributed by atoms with Gasteiger partial charge in [0.05, 0.1) is 7.11 Å². The SMILES string of the molecule is COc1ccc(CCNC(=O)[C@@H](C)Nc2ccc(N3CCCC3=O)cc2)cc1. The summed E-state index contributed by atoms with van der Waals surface area (Å²) in [5.41, 5.74) is 2.91. The van der Waals surface area contributed by atoms with Gasteiger partial charge in [-0.1, -0.05) is 12.1 Å². The van der Waals surface area contributed by atoms with Gasteiger partial charge in [0.25, 0.3) is 0 Å². The van der Waals surface area contributed by atoms with Gasteiger partial charge >= 0.3 is 0 Å². The molecule has 1 aliphatic heterocycles. The Morgan fingerprint density at radius 2 is 1.86 bits per heavy atom. The Hall–Kier alpha value is -3.02. The van der Waals surface area contributed by atoms with Crippen LogP contribution in [0, 0.1) is 0 Å². The molecule has 1 fully saturated rings. The number of rotatable bonds is 8. The summed E-state index contributed by atoms with van der Waals surface area (Å²) in [5, 5.41) is 6.16. The lowest BCUT2D eigenvalue weighted by Crippen LogP contribution is -2.38. The zero-order valence-corrected chi connectivity index (χ0v) is 16.4. The number of hydrogen-bond donors (Lipinski definition) is 2. The van der Waals surface area contributed by atoms with Gasteiger partial charge < -0.3 is 20.3 Å². The molecule has 148 valence electrons. The summed E-state index contributed by atoms with van der Waals surface area (Å²) in [6.07, 6.45) is 2.29. The van der Waals surface area contributed by atoms with Crippen molar-refractivity contribution >= 4 is 23.2 Å². The van der Waals surface area contributed by atoms with E-state index in [0.717, 1.165) is 42.1 Å². The van der Waals surface area contributed by atoms with E-state index in [1.807, 2.05) is 55.5 Å². The van der Waals surface area contributed by atoms with Gasteiger partial charge in [-0.05, 0) is 61.7 Å². The molecule has 0 aliphatic carbocycles. The van der Waals surface area contributed by atoms with Crippen molar-refractivity contribution in [1.29, 1.82) is 0 Å². The van der Waals surface area contributed by atoms with E-state index in [4.69, 9.17) is 4.74 Å². The number of amides is 2. The van der Waals surface area contributed by atoms with Gasteiger partial charge in [0.1, 0.15) is 11.8 Å². The minimum Gasteiger partial charge on any atom is -0.497 e. The number of hydrogen-bond acceptors (Lipinski definition) is 4. The lowest BCUT2D eigenvalue weighted by Gasteiger charge is -2.18. The smallest absolute Gasteiger partial charge is 0.242 e. The Balaban J connectivity index is 1.45. The second-order valence-electron chi connectivity index (χ2n) is 6.95. The van der Waals surface area contributed by atoms with Crippen LogP contribution in [0.15, 0.2) is 48.5 Å². The first-order valence-electron chi connectivity index (χ1n) is 9.64. The van der Waals surface area contributed by atoms with Crippen LogP contribution in [0.4, 0.5) is 11.4 Å². The molecule has 0 radical (unpaired) electrons. The molecule has 1 aliphatic rings. The fourth-order valence-electron chi connectivity index (χ4n) is 3.25. The second-order valence-corrected chi connectivity index (χ2v) is 6.95. The van der Waals surface area contributed by atoms with Gasteiger partial charge in [-0.25, -0.2) is 0 Å². The van der Waals surface area contributed by atoms with Crippen molar-refractivity contribution in [3.63, 3.8) is 0 Å². The lowest BCUT2D eigenvalue weighted by atomic mass is 10.1. The molecule has 2 N–H and O–H groups in total. The van der Waals surface area contributed by atoms with E-state index in [9.17, 15) is 9.59 Å². The van der Waals surface area contributed by atoms with Gasteiger partial charge in [0.2, 0.25) is 11.8 Å². The molecule has 1 atom stereocenters. The Morgan fingerprint density at radius 1 is 1.14 bits per heavy atom. The first-order chi connectivity index (χ1) is 13.6. The highest BCUT2D eigenvalue weighted by molar-refractivity contribution is 5.95. The topological polar surface area (TPSA) is 70.7 Å². The third-order valence-corrected chi connectivity index (χ3v) is 4.90. The molecule has 28 heavy (non-hydrogen) atoms. The van der Waals surface area contributed by atoms with Crippen LogP contribution >= 0.6 is 0 Å². The van der Waals surface area contributed by atoms with Crippen molar-refractivity contribution in [3.05, 3.63) is 54.1 Å². The van der Waals surface area contributed by atoms with Crippen LogP contribution in [0.5, 0.6) is 5.75 Å². The van der Waals surface area contributed by atoms with Crippen LogP contribution in [0.25, 0.3) is 0 Å². The largest absolute Gasteiger partial charge is 0.497 e. The van der Waals surface area contributed by atoms with E-state index >= 15 is 0 Å². The van der Waals surface area contributed by atoms with Crippen molar-refractivity contribution in [3.8, 4) is 5.75 Å². The molecule has 2 aromatic carbocycles. The highest BCUT2D eigenvalue weighted by atomic mass is 16.5. The van der Waals surface area contributed by atoms with E-state index in [1.165, 1.54) is 0 Å². The summed E-state index contributed by atoms with van der Waals surface area (Å²) in [4.78, 5) is 25.9. The van der Waals surface area contributed by atoms with E-state index in [1.54, 1.807) is 12.0 Å². The highest BCUT2D eigenvalue weighted by Crippen LogP contribution is 2.23. The molecular formula is C22H27N3O3. The third-order valence-electron chi connectivity index (χ3n) is 4.90. The van der Waals surface area contributed by atoms with Crippen LogP contribution in [-0.2, 0) is 16.0 Å². The Bertz CT molecular complexity index is 803. The number of benzene rings is 2. The Labute approximate surface area is 165 Å². The first-order valence-corrected chi connectivity index (χ1v) is 9.64.